The van der Waals surface area contributed by atoms with E-state index < -0.39 is 0 Å². The van der Waals surface area contributed by atoms with E-state index in [1.165, 1.54) is 16.0 Å². The smallest absolute Gasteiger partial charge is 0.267 e. The van der Waals surface area contributed by atoms with Gasteiger partial charge in [-0.1, -0.05) is 42.5 Å². The van der Waals surface area contributed by atoms with Gasteiger partial charge in [-0.05, 0) is 75.4 Å². The third-order valence-corrected chi connectivity index (χ3v) is 6.43. The van der Waals surface area contributed by atoms with Gasteiger partial charge in [0.05, 0.1) is 28.4 Å². The number of nitrogens with zero attached hydrogens (tertiary/aromatic N) is 4. The standard InChI is InChI=1S/C28H26N4O/c1-17-13-14-23(15-18(17)2)32-28(33)26(20(4)30-32)16-25-19(3)29-31(21(25)5)27-12-8-10-22-9-6-7-11-24(22)27/h6-16H,1-5H3/b26-16+. The molecule has 164 valence electrons. The molecular weight excluding hydrogens is 408 g/mol. The molecular formula is C28H26N4O. The van der Waals surface area contributed by atoms with Gasteiger partial charge >= 0.3 is 0 Å². The number of aromatic nitrogens is 2. The second kappa shape index (κ2) is 7.85. The van der Waals surface area contributed by atoms with Crippen LogP contribution in [0, 0.1) is 27.7 Å². The van der Waals surface area contributed by atoms with E-state index >= 15 is 0 Å². The summed E-state index contributed by atoms with van der Waals surface area (Å²) in [7, 11) is 0. The van der Waals surface area contributed by atoms with Crippen molar-refractivity contribution in [1.29, 1.82) is 0 Å². The van der Waals surface area contributed by atoms with E-state index in [-0.39, 0.29) is 5.91 Å². The van der Waals surface area contributed by atoms with Gasteiger partial charge in [-0.15, -0.1) is 0 Å². The normalized spacial score (nSPS) is 15.1. The fourth-order valence-corrected chi connectivity index (χ4v) is 4.35. The zero-order valence-corrected chi connectivity index (χ0v) is 19.5. The number of amides is 1. The highest BCUT2D eigenvalue weighted by Gasteiger charge is 2.29. The van der Waals surface area contributed by atoms with Gasteiger partial charge in [0.15, 0.2) is 0 Å². The fraction of sp³-hybridized carbons (Fsp3) is 0.179. The summed E-state index contributed by atoms with van der Waals surface area (Å²) in [6, 6.07) is 20.5. The van der Waals surface area contributed by atoms with Crippen LogP contribution in [0.3, 0.4) is 0 Å². The number of carbonyl (C=O) groups is 1. The van der Waals surface area contributed by atoms with Crippen LogP contribution in [0.5, 0.6) is 0 Å². The van der Waals surface area contributed by atoms with Crippen molar-refractivity contribution in [1.82, 2.24) is 9.78 Å². The van der Waals surface area contributed by atoms with Crippen LogP contribution in [-0.2, 0) is 4.79 Å². The van der Waals surface area contributed by atoms with Gasteiger partial charge in [-0.25, -0.2) is 4.68 Å². The topological polar surface area (TPSA) is 50.5 Å². The minimum Gasteiger partial charge on any atom is -0.267 e. The third-order valence-electron chi connectivity index (χ3n) is 6.43. The summed E-state index contributed by atoms with van der Waals surface area (Å²) >= 11 is 0. The second-order valence-corrected chi connectivity index (χ2v) is 8.62. The fourth-order valence-electron chi connectivity index (χ4n) is 4.35. The molecule has 0 bridgehead atoms. The minimum atomic E-state index is -0.118. The second-order valence-electron chi connectivity index (χ2n) is 8.62. The zero-order chi connectivity index (χ0) is 23.3. The van der Waals surface area contributed by atoms with E-state index in [0.29, 0.717) is 11.3 Å². The van der Waals surface area contributed by atoms with Crippen LogP contribution in [-0.4, -0.2) is 21.4 Å². The van der Waals surface area contributed by atoms with Gasteiger partial charge in [0.1, 0.15) is 0 Å². The first-order chi connectivity index (χ1) is 15.8. The number of anilines is 1. The highest BCUT2D eigenvalue weighted by molar-refractivity contribution is 6.32. The number of fused-ring (bicyclic) bond motifs is 1. The van der Waals surface area contributed by atoms with Crippen LogP contribution in [0.2, 0.25) is 0 Å². The highest BCUT2D eigenvalue weighted by Crippen LogP contribution is 2.30. The van der Waals surface area contributed by atoms with Gasteiger partial charge in [0, 0.05) is 16.6 Å². The van der Waals surface area contributed by atoms with Crippen LogP contribution >= 0.6 is 0 Å². The molecule has 33 heavy (non-hydrogen) atoms. The molecule has 0 saturated heterocycles. The maximum absolute atomic E-state index is 13.3. The van der Waals surface area contributed by atoms with Crippen molar-refractivity contribution in [3.63, 3.8) is 0 Å². The molecule has 1 amide bonds. The van der Waals surface area contributed by atoms with E-state index in [1.807, 2.05) is 74.9 Å². The first-order valence-electron chi connectivity index (χ1n) is 11.1. The number of benzene rings is 3. The largest absolute Gasteiger partial charge is 0.280 e. The lowest BCUT2D eigenvalue weighted by atomic mass is 10.1. The summed E-state index contributed by atoms with van der Waals surface area (Å²) in [6.45, 7) is 10.0. The third kappa shape index (κ3) is 3.46. The van der Waals surface area contributed by atoms with Gasteiger partial charge in [0.2, 0.25) is 0 Å². The van der Waals surface area contributed by atoms with Crippen molar-refractivity contribution >= 4 is 34.2 Å². The van der Waals surface area contributed by atoms with Crippen LogP contribution in [0.4, 0.5) is 5.69 Å². The van der Waals surface area contributed by atoms with Gasteiger partial charge in [-0.2, -0.15) is 15.2 Å². The van der Waals surface area contributed by atoms with Crippen molar-refractivity contribution in [3.05, 3.63) is 94.3 Å². The molecule has 0 aliphatic carbocycles. The number of aryl methyl sites for hydroxylation is 3. The molecule has 1 aliphatic heterocycles. The number of hydrogen-bond acceptors (Lipinski definition) is 3. The molecule has 5 nitrogen and oxygen atoms in total. The maximum atomic E-state index is 13.3. The Morgan fingerprint density at radius 3 is 2.39 bits per heavy atom. The number of carbonyl (C=O) groups excluding carboxylic acids is 1. The maximum Gasteiger partial charge on any atom is 0.280 e. The zero-order valence-electron chi connectivity index (χ0n) is 19.5. The molecule has 5 heteroatoms. The Bertz CT molecular complexity index is 1480. The Balaban J connectivity index is 1.56. The summed E-state index contributed by atoms with van der Waals surface area (Å²) in [5.41, 5.74) is 8.24. The van der Waals surface area contributed by atoms with E-state index in [0.717, 1.165) is 39.3 Å². The summed E-state index contributed by atoms with van der Waals surface area (Å²) in [5, 5.41) is 13.2. The van der Waals surface area contributed by atoms with Crippen LogP contribution in [0.15, 0.2) is 71.3 Å². The van der Waals surface area contributed by atoms with Crippen molar-refractivity contribution in [2.45, 2.75) is 34.6 Å². The Morgan fingerprint density at radius 2 is 1.61 bits per heavy atom. The lowest BCUT2D eigenvalue weighted by Gasteiger charge is -2.13. The van der Waals surface area contributed by atoms with Gasteiger partial charge in [0.25, 0.3) is 5.91 Å². The molecule has 3 aromatic carbocycles. The number of hydrazone groups is 1. The molecule has 0 saturated carbocycles. The Morgan fingerprint density at radius 1 is 0.848 bits per heavy atom. The summed E-state index contributed by atoms with van der Waals surface area (Å²) in [4.78, 5) is 13.3. The van der Waals surface area contributed by atoms with Crippen molar-refractivity contribution in [2.24, 2.45) is 5.10 Å². The molecule has 1 aromatic heterocycles. The predicted octanol–water partition coefficient (Wildman–Crippen LogP) is 6.07. The molecule has 0 fully saturated rings. The van der Waals surface area contributed by atoms with Crippen molar-refractivity contribution in [3.8, 4) is 5.69 Å². The highest BCUT2D eigenvalue weighted by atomic mass is 16.2. The van der Waals surface area contributed by atoms with Gasteiger partial charge in [-0.3, -0.25) is 4.79 Å². The SMILES string of the molecule is CC1=NN(c2ccc(C)c(C)c2)C(=O)/C1=C/c1c(C)nn(-c2cccc3ccccc23)c1C. The Hall–Kier alpha value is -3.99. The monoisotopic (exact) mass is 434 g/mol. The molecule has 0 N–H and O–H groups in total. The van der Waals surface area contributed by atoms with E-state index in [9.17, 15) is 4.79 Å². The average Bonchev–Trinajstić information content (AvgIpc) is 3.25. The predicted molar refractivity (Wildman–Crippen MR) is 135 cm³/mol. The lowest BCUT2D eigenvalue weighted by molar-refractivity contribution is -0.114. The lowest BCUT2D eigenvalue weighted by Crippen LogP contribution is -2.21. The molecule has 4 aromatic rings. The van der Waals surface area contributed by atoms with Crippen molar-refractivity contribution < 1.29 is 4.79 Å². The molecule has 0 radical (unpaired) electrons. The molecule has 0 unspecified atom stereocenters. The van der Waals surface area contributed by atoms with Crippen LogP contribution in [0.1, 0.15) is 35.0 Å². The first-order valence-corrected chi connectivity index (χ1v) is 11.1. The summed E-state index contributed by atoms with van der Waals surface area (Å²) in [6.07, 6.45) is 1.93. The average molecular weight is 435 g/mol. The van der Waals surface area contributed by atoms with Gasteiger partial charge < -0.3 is 0 Å². The van der Waals surface area contributed by atoms with Crippen molar-refractivity contribution in [2.75, 3.05) is 5.01 Å². The first kappa shape index (κ1) is 20.9. The molecule has 0 spiro atoms. The molecule has 5 rings (SSSR count). The van der Waals surface area contributed by atoms with Crippen LogP contribution < -0.4 is 5.01 Å². The van der Waals surface area contributed by atoms with Crippen LogP contribution in [0.25, 0.3) is 22.5 Å². The molecule has 0 atom stereocenters. The molecule has 2 heterocycles. The van der Waals surface area contributed by atoms with E-state index in [4.69, 9.17) is 5.10 Å². The minimum absolute atomic E-state index is 0.118. The summed E-state index contributed by atoms with van der Waals surface area (Å²) in [5.74, 6) is -0.118. The molecule has 1 aliphatic rings. The Kier molecular flexibility index (Phi) is 4.97. The Labute approximate surface area is 193 Å². The quantitative estimate of drug-likeness (QED) is 0.368. The number of hydrogen-bond donors (Lipinski definition) is 0. The van der Waals surface area contributed by atoms with E-state index in [2.05, 4.69) is 36.3 Å². The number of rotatable bonds is 3. The van der Waals surface area contributed by atoms with E-state index in [1.54, 1.807) is 0 Å². The summed E-state index contributed by atoms with van der Waals surface area (Å²) < 4.78 is 1.97.